The summed E-state index contributed by atoms with van der Waals surface area (Å²) in [5.41, 5.74) is 0.286. The number of esters is 1. The third-order valence-corrected chi connectivity index (χ3v) is 4.96. The Morgan fingerprint density at radius 2 is 2.10 bits per heavy atom. The second-order valence-corrected chi connectivity index (χ2v) is 6.41. The van der Waals surface area contributed by atoms with Gasteiger partial charge in [0.1, 0.15) is 5.92 Å². The van der Waals surface area contributed by atoms with E-state index in [1.54, 1.807) is 4.90 Å². The number of rotatable bonds is 2. The molecule has 1 amide bonds. The Morgan fingerprint density at radius 3 is 2.71 bits per heavy atom. The number of nitrogens with zero attached hydrogens (tertiary/aromatic N) is 1. The molecule has 0 spiro atoms. The van der Waals surface area contributed by atoms with Gasteiger partial charge in [-0.15, -0.1) is 0 Å². The number of halogens is 1. The number of para-hydroxylation sites is 1. The minimum absolute atomic E-state index is 0.300. The summed E-state index contributed by atoms with van der Waals surface area (Å²) in [7, 11) is 1.31. The van der Waals surface area contributed by atoms with E-state index in [4.69, 9.17) is 16.3 Å². The molecule has 1 N–H and O–H groups in total. The molecule has 0 saturated carbocycles. The summed E-state index contributed by atoms with van der Waals surface area (Å²) in [6, 6.07) is 9.39. The van der Waals surface area contributed by atoms with Crippen LogP contribution in [0.3, 0.4) is 0 Å². The van der Waals surface area contributed by atoms with Crippen molar-refractivity contribution in [3.8, 4) is 0 Å². The number of piperazine rings is 1. The predicted molar refractivity (Wildman–Crippen MR) is 79.0 cm³/mol. The number of amides is 1. The fourth-order valence-corrected chi connectivity index (χ4v) is 3.61. The minimum Gasteiger partial charge on any atom is -0.469 e. The average molecular weight is 309 g/mol. The van der Waals surface area contributed by atoms with Crippen LogP contribution in [0.4, 0.5) is 5.69 Å². The van der Waals surface area contributed by atoms with E-state index in [1.165, 1.54) is 7.11 Å². The van der Waals surface area contributed by atoms with Crippen LogP contribution in [0.25, 0.3) is 0 Å². The molecule has 4 rings (SSSR count). The molecule has 3 saturated heterocycles. The normalized spacial score (nSPS) is 34.9. The van der Waals surface area contributed by atoms with Crippen LogP contribution in [0.1, 0.15) is 13.3 Å². The summed E-state index contributed by atoms with van der Waals surface area (Å²) < 4.78 is 4.81. The van der Waals surface area contributed by atoms with Gasteiger partial charge < -0.3 is 9.64 Å². The summed E-state index contributed by atoms with van der Waals surface area (Å²) in [4.78, 5) is 25.1. The first-order valence-electron chi connectivity index (χ1n) is 6.84. The highest BCUT2D eigenvalue weighted by atomic mass is 35.5. The molecule has 1 aromatic rings. The van der Waals surface area contributed by atoms with Crippen molar-refractivity contribution in [2.75, 3.05) is 18.6 Å². The largest absolute Gasteiger partial charge is 0.469 e. The van der Waals surface area contributed by atoms with Crippen LogP contribution in [0, 0.1) is 5.92 Å². The summed E-state index contributed by atoms with van der Waals surface area (Å²) in [6.07, 6.45) is 0.469. The van der Waals surface area contributed by atoms with Crippen LogP contribution < -0.4 is 10.2 Å². The number of fused-ring (bicyclic) bond motifs is 3. The zero-order chi connectivity index (χ0) is 15.3. The van der Waals surface area contributed by atoms with Crippen LogP contribution in [-0.4, -0.2) is 36.1 Å². The first-order valence-corrected chi connectivity index (χ1v) is 7.22. The van der Waals surface area contributed by atoms with Crippen LogP contribution in [0.5, 0.6) is 0 Å². The minimum atomic E-state index is -1.43. The van der Waals surface area contributed by atoms with Gasteiger partial charge in [0.2, 0.25) is 0 Å². The maximum absolute atomic E-state index is 12.9. The van der Waals surface area contributed by atoms with E-state index < -0.39 is 22.4 Å². The Kier molecular flexibility index (Phi) is 3.22. The van der Waals surface area contributed by atoms with E-state index in [0.29, 0.717) is 13.0 Å². The highest BCUT2D eigenvalue weighted by molar-refractivity contribution is 6.39. The molecule has 0 radical (unpaired) electrons. The van der Waals surface area contributed by atoms with Crippen LogP contribution in [-0.2, 0) is 14.3 Å². The lowest BCUT2D eigenvalue weighted by molar-refractivity contribution is -0.155. The summed E-state index contributed by atoms with van der Waals surface area (Å²) in [5, 5.41) is 3.02. The van der Waals surface area contributed by atoms with Gasteiger partial charge in [0.15, 0.2) is 5.00 Å². The first kappa shape index (κ1) is 14.4. The number of hydrogen-bond donors (Lipinski definition) is 1. The average Bonchev–Trinajstić information content (AvgIpc) is 2.49. The lowest BCUT2D eigenvalue weighted by atomic mass is 9.73. The van der Waals surface area contributed by atoms with E-state index in [2.05, 4.69) is 5.32 Å². The summed E-state index contributed by atoms with van der Waals surface area (Å²) in [5.74, 6) is -1.44. The van der Waals surface area contributed by atoms with E-state index >= 15 is 0 Å². The van der Waals surface area contributed by atoms with Gasteiger partial charge in [-0.3, -0.25) is 14.9 Å². The molecule has 1 aromatic carbocycles. The van der Waals surface area contributed by atoms with Crippen LogP contribution in [0.15, 0.2) is 30.3 Å². The standard InChI is InChI=1S/C15H17ClN2O3/c1-14-8-11(12(19)21-2)15(16,17-9-14)13(20)18(14)10-6-4-3-5-7-10/h3-7,11,17H,8-9H2,1-2H3/t11-,14-,15-/m1/s1. The van der Waals surface area contributed by atoms with Gasteiger partial charge >= 0.3 is 5.97 Å². The third-order valence-electron chi connectivity index (χ3n) is 4.40. The second kappa shape index (κ2) is 4.71. The SMILES string of the molecule is COC(=O)[C@H]1C[C@]2(C)CN[C@@]1(Cl)C(=O)N2c1ccccc1. The van der Waals surface area contributed by atoms with Gasteiger partial charge in [-0.25, -0.2) is 0 Å². The Morgan fingerprint density at radius 1 is 1.43 bits per heavy atom. The molecule has 21 heavy (non-hydrogen) atoms. The van der Waals surface area contributed by atoms with Crippen molar-refractivity contribution in [1.29, 1.82) is 0 Å². The summed E-state index contributed by atoms with van der Waals surface area (Å²) in [6.45, 7) is 2.49. The Balaban J connectivity index is 2.05. The van der Waals surface area contributed by atoms with Crippen molar-refractivity contribution in [2.45, 2.75) is 23.9 Å². The molecule has 5 nitrogen and oxygen atoms in total. The van der Waals surface area contributed by atoms with Gasteiger partial charge in [-0.1, -0.05) is 29.8 Å². The number of anilines is 1. The lowest BCUT2D eigenvalue weighted by Crippen LogP contribution is -2.79. The number of ether oxygens (including phenoxy) is 1. The number of piperidine rings is 2. The molecular formula is C15H17ClN2O3. The topological polar surface area (TPSA) is 58.6 Å². The highest BCUT2D eigenvalue weighted by Crippen LogP contribution is 2.47. The number of alkyl halides is 1. The smallest absolute Gasteiger partial charge is 0.312 e. The molecule has 6 heteroatoms. The molecular weight excluding hydrogens is 292 g/mol. The van der Waals surface area contributed by atoms with Gasteiger partial charge in [0.05, 0.1) is 12.6 Å². The molecule has 3 aliphatic rings. The maximum atomic E-state index is 12.9. The first-order chi connectivity index (χ1) is 9.92. The van der Waals surface area contributed by atoms with Crippen molar-refractivity contribution < 1.29 is 14.3 Å². The van der Waals surface area contributed by atoms with Crippen LogP contribution >= 0.6 is 11.6 Å². The molecule has 3 fully saturated rings. The molecule has 112 valence electrons. The monoisotopic (exact) mass is 308 g/mol. The highest BCUT2D eigenvalue weighted by Gasteiger charge is 2.64. The van der Waals surface area contributed by atoms with Crippen molar-refractivity contribution in [3.05, 3.63) is 30.3 Å². The summed E-state index contributed by atoms with van der Waals surface area (Å²) >= 11 is 6.49. The van der Waals surface area contributed by atoms with E-state index in [9.17, 15) is 9.59 Å². The maximum Gasteiger partial charge on any atom is 0.312 e. The van der Waals surface area contributed by atoms with E-state index in [-0.39, 0.29) is 5.91 Å². The zero-order valence-corrected chi connectivity index (χ0v) is 12.7. The predicted octanol–water partition coefficient (Wildman–Crippen LogP) is 1.51. The number of hydrogen-bond acceptors (Lipinski definition) is 4. The number of carbonyl (C=O) groups excluding carboxylic acids is 2. The Labute approximate surface area is 128 Å². The number of carbonyl (C=O) groups is 2. The number of nitrogens with one attached hydrogen (secondary N) is 1. The van der Waals surface area contributed by atoms with Gasteiger partial charge in [0.25, 0.3) is 5.91 Å². The van der Waals surface area contributed by atoms with E-state index in [1.807, 2.05) is 37.3 Å². The molecule has 3 atom stereocenters. The Bertz CT molecular complexity index is 594. The van der Waals surface area contributed by atoms with Crippen molar-refractivity contribution in [2.24, 2.45) is 5.92 Å². The van der Waals surface area contributed by atoms with Crippen molar-refractivity contribution >= 4 is 29.2 Å². The zero-order valence-electron chi connectivity index (χ0n) is 11.9. The molecule has 2 bridgehead atoms. The molecule has 0 aliphatic carbocycles. The quantitative estimate of drug-likeness (QED) is 0.511. The number of benzene rings is 1. The fraction of sp³-hybridized carbons (Fsp3) is 0.467. The number of methoxy groups -OCH3 is 1. The van der Waals surface area contributed by atoms with Crippen molar-refractivity contribution in [3.63, 3.8) is 0 Å². The molecule has 3 heterocycles. The Hall–Kier alpha value is -1.59. The third kappa shape index (κ3) is 1.95. The van der Waals surface area contributed by atoms with Gasteiger partial charge in [-0.05, 0) is 25.5 Å². The van der Waals surface area contributed by atoms with E-state index in [0.717, 1.165) is 5.69 Å². The molecule has 0 unspecified atom stereocenters. The fourth-order valence-electron chi connectivity index (χ4n) is 3.29. The van der Waals surface area contributed by atoms with Gasteiger partial charge in [0, 0.05) is 12.2 Å². The van der Waals surface area contributed by atoms with Gasteiger partial charge in [-0.2, -0.15) is 0 Å². The molecule has 0 aromatic heterocycles. The molecule has 3 aliphatic heterocycles. The van der Waals surface area contributed by atoms with Crippen LogP contribution in [0.2, 0.25) is 0 Å². The second-order valence-electron chi connectivity index (χ2n) is 5.82. The van der Waals surface area contributed by atoms with Crippen molar-refractivity contribution in [1.82, 2.24) is 5.32 Å². The lowest BCUT2D eigenvalue weighted by Gasteiger charge is -2.58.